The molecule has 4 rings (SSSR count). The number of carbonyl (C=O) groups excluding carboxylic acids is 1. The van der Waals surface area contributed by atoms with Crippen molar-refractivity contribution in [1.29, 1.82) is 0 Å². The Morgan fingerprint density at radius 2 is 2.00 bits per heavy atom. The smallest absolute Gasteiger partial charge is 0.253 e. The fourth-order valence-corrected chi connectivity index (χ4v) is 4.52. The van der Waals surface area contributed by atoms with Crippen molar-refractivity contribution in [2.45, 2.75) is 19.1 Å². The van der Waals surface area contributed by atoms with Gasteiger partial charge in [-0.25, -0.2) is 4.98 Å². The molecule has 2 aliphatic rings. The highest BCUT2D eigenvalue weighted by Crippen LogP contribution is 2.30. The van der Waals surface area contributed by atoms with Crippen LogP contribution in [0.15, 0.2) is 24.4 Å². The number of morpholine rings is 1. The van der Waals surface area contributed by atoms with Crippen molar-refractivity contribution >= 4 is 52.5 Å². The molecule has 0 spiro atoms. The normalized spacial score (nSPS) is 20.2. The van der Waals surface area contributed by atoms with Crippen LogP contribution in [0.25, 0.3) is 0 Å². The lowest BCUT2D eigenvalue weighted by Gasteiger charge is -2.37. The molecule has 1 aromatic carbocycles. The summed E-state index contributed by atoms with van der Waals surface area (Å²) < 4.78 is 5.59. The molecule has 11 heteroatoms. The van der Waals surface area contributed by atoms with E-state index >= 15 is 0 Å². The number of ether oxygens (including phenoxy) is 1. The Balaban J connectivity index is 1.40. The van der Waals surface area contributed by atoms with Crippen molar-refractivity contribution in [3.05, 3.63) is 45.0 Å². The van der Waals surface area contributed by atoms with E-state index in [1.807, 2.05) is 22.8 Å². The van der Waals surface area contributed by atoms with Crippen molar-refractivity contribution in [2.75, 3.05) is 56.1 Å². The van der Waals surface area contributed by atoms with Gasteiger partial charge in [0.2, 0.25) is 5.95 Å². The molecule has 0 aliphatic carbocycles. The third-order valence-corrected chi connectivity index (χ3v) is 6.43. The zero-order valence-electron chi connectivity index (χ0n) is 17.7. The molecule has 1 amide bonds. The van der Waals surface area contributed by atoms with Crippen molar-refractivity contribution in [1.82, 2.24) is 20.2 Å². The molecular formula is C21H25Cl3N6O2. The van der Waals surface area contributed by atoms with Crippen LogP contribution in [0.1, 0.15) is 18.5 Å². The fraction of sp³-hybridized carbons (Fsp3) is 0.476. The highest BCUT2D eigenvalue weighted by atomic mass is 35.5. The van der Waals surface area contributed by atoms with E-state index in [-0.39, 0.29) is 11.9 Å². The van der Waals surface area contributed by atoms with Gasteiger partial charge in [0, 0.05) is 49.3 Å². The number of piperazine rings is 1. The Morgan fingerprint density at radius 1 is 1.22 bits per heavy atom. The maximum Gasteiger partial charge on any atom is 0.253 e. The van der Waals surface area contributed by atoms with Crippen LogP contribution in [0, 0.1) is 0 Å². The lowest BCUT2D eigenvalue weighted by atomic mass is 10.1. The third kappa shape index (κ3) is 5.38. The van der Waals surface area contributed by atoms with E-state index in [0.29, 0.717) is 66.2 Å². The van der Waals surface area contributed by atoms with Crippen molar-refractivity contribution in [2.24, 2.45) is 0 Å². The van der Waals surface area contributed by atoms with E-state index < -0.39 is 6.10 Å². The Morgan fingerprint density at radius 3 is 2.69 bits per heavy atom. The summed E-state index contributed by atoms with van der Waals surface area (Å²) in [5.74, 6) is 1.12. The van der Waals surface area contributed by atoms with Crippen molar-refractivity contribution in [3.8, 4) is 0 Å². The Kier molecular flexibility index (Phi) is 7.58. The maximum absolute atomic E-state index is 12.7. The first kappa shape index (κ1) is 23.3. The number of hydrogen-bond donors (Lipinski definition) is 2. The maximum atomic E-state index is 12.7. The molecule has 2 fully saturated rings. The summed E-state index contributed by atoms with van der Waals surface area (Å²) in [5, 5.41) is 8.08. The molecule has 0 saturated carbocycles. The van der Waals surface area contributed by atoms with Gasteiger partial charge in [-0.3, -0.25) is 4.79 Å². The molecule has 172 valence electrons. The number of benzene rings is 1. The summed E-state index contributed by atoms with van der Waals surface area (Å²) >= 11 is 18.7. The SMILES string of the molecule is C[C@@H](Nc1nc(N2CCN(C(=O)[C@@H]3CNCCO3)CC2)ncc1Cl)c1ccc(Cl)cc1Cl. The lowest BCUT2D eigenvalue weighted by Crippen LogP contribution is -2.55. The molecular weight excluding hydrogens is 475 g/mol. The van der Waals surface area contributed by atoms with Crippen molar-refractivity contribution in [3.63, 3.8) is 0 Å². The van der Waals surface area contributed by atoms with E-state index in [1.54, 1.807) is 18.3 Å². The molecule has 8 nitrogen and oxygen atoms in total. The molecule has 2 aromatic rings. The number of nitrogens with one attached hydrogen (secondary N) is 2. The molecule has 2 N–H and O–H groups in total. The second kappa shape index (κ2) is 10.4. The van der Waals surface area contributed by atoms with Crippen LogP contribution >= 0.6 is 34.8 Å². The van der Waals surface area contributed by atoms with Crippen LogP contribution in [0.2, 0.25) is 15.1 Å². The van der Waals surface area contributed by atoms with Gasteiger partial charge in [0.05, 0.1) is 18.8 Å². The van der Waals surface area contributed by atoms with Gasteiger partial charge in [-0.2, -0.15) is 4.98 Å². The fourth-order valence-electron chi connectivity index (χ4n) is 3.80. The number of aromatic nitrogens is 2. The zero-order chi connectivity index (χ0) is 22.7. The van der Waals surface area contributed by atoms with Gasteiger partial charge in [0.25, 0.3) is 5.91 Å². The summed E-state index contributed by atoms with van der Waals surface area (Å²) in [5.41, 5.74) is 0.888. The van der Waals surface area contributed by atoms with Gasteiger partial charge in [0.15, 0.2) is 5.82 Å². The first-order valence-corrected chi connectivity index (χ1v) is 11.7. The molecule has 2 atom stereocenters. The molecule has 1 aromatic heterocycles. The van der Waals surface area contributed by atoms with Crippen LogP contribution in [0.4, 0.5) is 11.8 Å². The van der Waals surface area contributed by atoms with E-state index in [9.17, 15) is 4.79 Å². The van der Waals surface area contributed by atoms with Gasteiger partial charge >= 0.3 is 0 Å². The van der Waals surface area contributed by atoms with E-state index in [0.717, 1.165) is 12.1 Å². The third-order valence-electron chi connectivity index (χ3n) is 5.59. The predicted molar refractivity (Wildman–Crippen MR) is 127 cm³/mol. The first-order chi connectivity index (χ1) is 15.4. The van der Waals surface area contributed by atoms with E-state index in [2.05, 4.69) is 20.6 Å². The minimum atomic E-state index is -0.404. The van der Waals surface area contributed by atoms with E-state index in [4.69, 9.17) is 39.5 Å². The average molecular weight is 500 g/mol. The molecule has 2 saturated heterocycles. The van der Waals surface area contributed by atoms with Crippen LogP contribution in [0.5, 0.6) is 0 Å². The first-order valence-electron chi connectivity index (χ1n) is 10.5. The summed E-state index contributed by atoms with van der Waals surface area (Å²) in [6.45, 7) is 6.31. The minimum absolute atomic E-state index is 0.0323. The quantitative estimate of drug-likeness (QED) is 0.653. The highest BCUT2D eigenvalue weighted by Gasteiger charge is 2.30. The number of rotatable bonds is 5. The number of anilines is 2. The molecule has 0 bridgehead atoms. The average Bonchev–Trinajstić information content (AvgIpc) is 2.80. The van der Waals surface area contributed by atoms with Gasteiger partial charge < -0.3 is 25.2 Å². The van der Waals surface area contributed by atoms with Gasteiger partial charge in [-0.05, 0) is 24.6 Å². The molecule has 32 heavy (non-hydrogen) atoms. The van der Waals surface area contributed by atoms with Gasteiger partial charge in [-0.1, -0.05) is 40.9 Å². The van der Waals surface area contributed by atoms with Crippen LogP contribution in [-0.4, -0.2) is 72.8 Å². The van der Waals surface area contributed by atoms with Gasteiger partial charge in [0.1, 0.15) is 11.1 Å². The second-order valence-corrected chi connectivity index (χ2v) is 9.03. The second-order valence-electron chi connectivity index (χ2n) is 7.77. The largest absolute Gasteiger partial charge is 0.366 e. The number of nitrogens with zero attached hydrogens (tertiary/aromatic N) is 4. The van der Waals surface area contributed by atoms with Crippen LogP contribution in [-0.2, 0) is 9.53 Å². The molecule has 0 unspecified atom stereocenters. The number of hydrogen-bond acceptors (Lipinski definition) is 7. The van der Waals surface area contributed by atoms with Crippen LogP contribution in [0.3, 0.4) is 0 Å². The van der Waals surface area contributed by atoms with Crippen molar-refractivity contribution < 1.29 is 9.53 Å². The lowest BCUT2D eigenvalue weighted by molar-refractivity contribution is -0.145. The standard InChI is InChI=1S/C21H25Cl3N6O2/c1-13(15-3-2-14(22)10-16(15)23)27-19-17(24)11-26-21(28-19)30-7-5-29(6-8-30)20(31)18-12-25-4-9-32-18/h2-3,10-11,13,18,25H,4-9,12H2,1H3,(H,26,27,28)/t13-,18+/m1/s1. The number of carbonyl (C=O) groups is 1. The molecule has 2 aliphatic heterocycles. The summed E-state index contributed by atoms with van der Waals surface area (Å²) in [6, 6.07) is 5.24. The predicted octanol–water partition coefficient (Wildman–Crippen LogP) is 3.25. The Labute approximate surface area is 202 Å². The summed E-state index contributed by atoms with van der Waals surface area (Å²) in [7, 11) is 0. The minimum Gasteiger partial charge on any atom is -0.366 e. The monoisotopic (exact) mass is 498 g/mol. The Bertz CT molecular complexity index is 965. The molecule has 0 radical (unpaired) electrons. The number of amides is 1. The summed E-state index contributed by atoms with van der Waals surface area (Å²) in [6.07, 6.45) is 1.18. The number of halogens is 3. The van der Waals surface area contributed by atoms with Gasteiger partial charge in [-0.15, -0.1) is 0 Å². The molecule has 3 heterocycles. The van der Waals surface area contributed by atoms with Crippen LogP contribution < -0.4 is 15.5 Å². The Hall–Kier alpha value is -1.84. The topological polar surface area (TPSA) is 82.6 Å². The van der Waals surface area contributed by atoms with E-state index in [1.165, 1.54) is 0 Å². The zero-order valence-corrected chi connectivity index (χ0v) is 19.9. The summed E-state index contributed by atoms with van der Waals surface area (Å²) in [4.78, 5) is 25.6. The highest BCUT2D eigenvalue weighted by molar-refractivity contribution is 6.35.